The van der Waals surface area contributed by atoms with Crippen LogP contribution in [0.3, 0.4) is 0 Å². The van der Waals surface area contributed by atoms with Gasteiger partial charge in [0.2, 0.25) is 0 Å². The van der Waals surface area contributed by atoms with E-state index in [4.69, 9.17) is 5.73 Å². The van der Waals surface area contributed by atoms with E-state index in [1.165, 1.54) is 4.88 Å². The molecule has 0 amide bonds. The van der Waals surface area contributed by atoms with Crippen molar-refractivity contribution >= 4 is 23.1 Å². The predicted molar refractivity (Wildman–Crippen MR) is 81.3 cm³/mol. The highest BCUT2D eigenvalue weighted by atomic mass is 32.2. The molecule has 19 heavy (non-hydrogen) atoms. The van der Waals surface area contributed by atoms with Gasteiger partial charge in [-0.2, -0.15) is 0 Å². The van der Waals surface area contributed by atoms with E-state index in [0.29, 0.717) is 6.54 Å². The van der Waals surface area contributed by atoms with Crippen LogP contribution in [0.1, 0.15) is 21.8 Å². The highest BCUT2D eigenvalue weighted by Crippen LogP contribution is 2.25. The Morgan fingerprint density at radius 3 is 2.74 bits per heavy atom. The molecule has 98 valence electrons. The van der Waals surface area contributed by atoms with E-state index < -0.39 is 0 Å². The Kier molecular flexibility index (Phi) is 4.97. The second kappa shape index (κ2) is 6.71. The summed E-state index contributed by atoms with van der Waals surface area (Å²) in [5, 5.41) is 2.88. The Hall–Kier alpha value is -1.35. The zero-order valence-corrected chi connectivity index (χ0v) is 12.6. The number of aromatic nitrogens is 2. The minimum Gasteiger partial charge on any atom is -0.320 e. The van der Waals surface area contributed by atoms with Gasteiger partial charge in [0.15, 0.2) is 5.16 Å². The monoisotopic (exact) mass is 289 g/mol. The summed E-state index contributed by atoms with van der Waals surface area (Å²) >= 11 is 3.35. The fourth-order valence-electron chi connectivity index (χ4n) is 1.60. The molecule has 0 radical (unpaired) electrons. The lowest BCUT2D eigenvalue weighted by atomic mass is 10.3. The number of nitrogens with zero attached hydrogens (tertiary/aromatic N) is 2. The molecule has 2 aromatic rings. The molecule has 0 saturated heterocycles. The van der Waals surface area contributed by atoms with E-state index in [2.05, 4.69) is 27.2 Å². The number of hydrogen-bond donors (Lipinski definition) is 1. The molecule has 2 N–H and O–H groups in total. The van der Waals surface area contributed by atoms with E-state index in [-0.39, 0.29) is 0 Å². The van der Waals surface area contributed by atoms with Crippen molar-refractivity contribution in [1.29, 1.82) is 0 Å². The number of aryl methyl sites for hydroxylation is 2. The van der Waals surface area contributed by atoms with E-state index >= 15 is 0 Å². The van der Waals surface area contributed by atoms with Gasteiger partial charge < -0.3 is 5.73 Å². The van der Waals surface area contributed by atoms with E-state index in [0.717, 1.165) is 27.9 Å². The lowest BCUT2D eigenvalue weighted by Gasteiger charge is -2.02. The Labute approximate surface area is 121 Å². The van der Waals surface area contributed by atoms with Gasteiger partial charge in [0.25, 0.3) is 0 Å². The standard InChI is InChI=1S/C14H15N3S2/c1-10-8-11(2)17-14(16-10)19-9-13-12(4-3-6-15)5-7-18-13/h5,7-8H,6,9,15H2,1-2H3. The molecule has 0 aliphatic heterocycles. The van der Waals surface area contributed by atoms with Crippen molar-refractivity contribution < 1.29 is 0 Å². The van der Waals surface area contributed by atoms with Crippen LogP contribution in [0.25, 0.3) is 0 Å². The van der Waals surface area contributed by atoms with Crippen LogP contribution in [0.15, 0.2) is 22.7 Å². The Bertz CT molecular complexity index is 603. The zero-order chi connectivity index (χ0) is 13.7. The molecular weight excluding hydrogens is 274 g/mol. The van der Waals surface area contributed by atoms with Gasteiger partial charge >= 0.3 is 0 Å². The van der Waals surface area contributed by atoms with E-state index in [1.807, 2.05) is 26.0 Å². The van der Waals surface area contributed by atoms with E-state index in [9.17, 15) is 0 Å². The molecular formula is C14H15N3S2. The molecule has 2 heterocycles. The van der Waals surface area contributed by atoms with Crippen molar-refractivity contribution in [2.45, 2.75) is 24.8 Å². The first-order chi connectivity index (χ1) is 9.19. The maximum atomic E-state index is 5.40. The summed E-state index contributed by atoms with van der Waals surface area (Å²) < 4.78 is 0. The molecule has 2 rings (SSSR count). The van der Waals surface area contributed by atoms with Gasteiger partial charge in [0.05, 0.1) is 6.54 Å². The first-order valence-corrected chi connectivity index (χ1v) is 7.76. The molecule has 0 aliphatic rings. The largest absolute Gasteiger partial charge is 0.320 e. The van der Waals surface area contributed by atoms with Crippen LogP contribution in [-0.4, -0.2) is 16.5 Å². The summed E-state index contributed by atoms with van der Waals surface area (Å²) in [6.45, 7) is 4.37. The van der Waals surface area contributed by atoms with Crippen LogP contribution in [0.4, 0.5) is 0 Å². The average Bonchev–Trinajstić information content (AvgIpc) is 2.80. The van der Waals surface area contributed by atoms with Crippen molar-refractivity contribution in [1.82, 2.24) is 9.97 Å². The molecule has 3 nitrogen and oxygen atoms in total. The summed E-state index contributed by atoms with van der Waals surface area (Å²) in [6, 6.07) is 4.01. The highest BCUT2D eigenvalue weighted by Gasteiger charge is 2.05. The second-order valence-electron chi connectivity index (χ2n) is 3.99. The Balaban J connectivity index is 2.08. The number of rotatable bonds is 3. The molecule has 0 unspecified atom stereocenters. The fourth-order valence-corrected chi connectivity index (χ4v) is 3.49. The normalized spacial score (nSPS) is 10.1. The van der Waals surface area contributed by atoms with Crippen molar-refractivity contribution in [2.75, 3.05) is 6.54 Å². The third-order valence-electron chi connectivity index (χ3n) is 2.36. The van der Waals surface area contributed by atoms with Crippen molar-refractivity contribution in [3.05, 3.63) is 39.3 Å². The Morgan fingerprint density at radius 1 is 1.32 bits per heavy atom. The van der Waals surface area contributed by atoms with Gasteiger partial charge in [-0.05, 0) is 31.4 Å². The van der Waals surface area contributed by atoms with Gasteiger partial charge in [-0.1, -0.05) is 23.6 Å². The molecule has 2 aromatic heterocycles. The molecule has 0 fully saturated rings. The van der Waals surface area contributed by atoms with Gasteiger partial charge in [-0.15, -0.1) is 11.3 Å². The topological polar surface area (TPSA) is 51.8 Å². The third kappa shape index (κ3) is 4.06. The quantitative estimate of drug-likeness (QED) is 0.536. The van der Waals surface area contributed by atoms with Crippen LogP contribution in [0.5, 0.6) is 0 Å². The van der Waals surface area contributed by atoms with Gasteiger partial charge in [-0.25, -0.2) is 9.97 Å². The van der Waals surface area contributed by atoms with Crippen LogP contribution in [0.2, 0.25) is 0 Å². The Morgan fingerprint density at radius 2 is 2.05 bits per heavy atom. The summed E-state index contributed by atoms with van der Waals surface area (Å²) in [5.74, 6) is 6.83. The molecule has 5 heteroatoms. The predicted octanol–water partition coefficient (Wildman–Crippen LogP) is 2.76. The van der Waals surface area contributed by atoms with Crippen LogP contribution < -0.4 is 5.73 Å². The van der Waals surface area contributed by atoms with Crippen molar-refractivity contribution in [3.63, 3.8) is 0 Å². The lowest BCUT2D eigenvalue weighted by molar-refractivity contribution is 0.902. The van der Waals surface area contributed by atoms with E-state index in [1.54, 1.807) is 23.1 Å². The molecule has 0 aliphatic carbocycles. The second-order valence-corrected chi connectivity index (χ2v) is 5.93. The molecule has 0 spiro atoms. The smallest absolute Gasteiger partial charge is 0.188 e. The zero-order valence-electron chi connectivity index (χ0n) is 10.9. The number of hydrogen-bond acceptors (Lipinski definition) is 5. The number of thiophene rings is 1. The number of nitrogens with two attached hydrogens (primary N) is 1. The third-order valence-corrected chi connectivity index (χ3v) is 4.34. The SMILES string of the molecule is Cc1cc(C)nc(SCc2sccc2C#CCN)n1. The van der Waals surface area contributed by atoms with Crippen LogP contribution in [-0.2, 0) is 5.75 Å². The molecule has 0 aromatic carbocycles. The maximum Gasteiger partial charge on any atom is 0.188 e. The molecule has 0 saturated carbocycles. The first kappa shape index (κ1) is 14.1. The van der Waals surface area contributed by atoms with Gasteiger partial charge in [0, 0.05) is 27.6 Å². The summed E-state index contributed by atoms with van der Waals surface area (Å²) in [4.78, 5) is 10.1. The minimum atomic E-state index is 0.391. The van der Waals surface area contributed by atoms with Gasteiger partial charge in [0.1, 0.15) is 0 Å². The summed E-state index contributed by atoms with van der Waals surface area (Å²) in [6.07, 6.45) is 0. The van der Waals surface area contributed by atoms with Crippen molar-refractivity contribution in [3.8, 4) is 11.8 Å². The number of thioether (sulfide) groups is 1. The van der Waals surface area contributed by atoms with Crippen molar-refractivity contribution in [2.24, 2.45) is 5.73 Å². The molecule has 0 atom stereocenters. The first-order valence-electron chi connectivity index (χ1n) is 5.89. The average molecular weight is 289 g/mol. The van der Waals surface area contributed by atoms with Crippen LogP contribution >= 0.6 is 23.1 Å². The summed E-state index contributed by atoms with van der Waals surface area (Å²) in [7, 11) is 0. The molecule has 0 bridgehead atoms. The van der Waals surface area contributed by atoms with Gasteiger partial charge in [-0.3, -0.25) is 0 Å². The summed E-state index contributed by atoms with van der Waals surface area (Å²) in [5.41, 5.74) is 8.47. The highest BCUT2D eigenvalue weighted by molar-refractivity contribution is 7.98. The fraction of sp³-hybridized carbons (Fsp3) is 0.286. The minimum absolute atomic E-state index is 0.391. The lowest BCUT2D eigenvalue weighted by Crippen LogP contribution is -1.94. The maximum absolute atomic E-state index is 5.40. The van der Waals surface area contributed by atoms with Crippen LogP contribution in [0, 0.1) is 25.7 Å².